The van der Waals surface area contributed by atoms with E-state index >= 15 is 0 Å². The Bertz CT molecular complexity index is 639. The number of oxime groups is 1. The van der Waals surface area contributed by atoms with E-state index in [2.05, 4.69) is 5.16 Å². The lowest BCUT2D eigenvalue weighted by molar-refractivity contribution is -0.126. The van der Waals surface area contributed by atoms with Crippen molar-refractivity contribution < 1.29 is 14.4 Å². The van der Waals surface area contributed by atoms with Crippen molar-refractivity contribution in [3.05, 3.63) is 24.3 Å². The molecule has 6 nitrogen and oxygen atoms in total. The summed E-state index contributed by atoms with van der Waals surface area (Å²) in [6.07, 6.45) is 1.48. The molecule has 2 rings (SSSR count). The molecule has 0 unspecified atom stereocenters. The Morgan fingerprint density at radius 1 is 1.42 bits per heavy atom. The van der Waals surface area contributed by atoms with E-state index in [4.69, 9.17) is 4.84 Å². The molecule has 0 radical (unpaired) electrons. The van der Waals surface area contributed by atoms with Crippen LogP contribution in [0.15, 0.2) is 39.2 Å². The predicted octanol–water partition coefficient (Wildman–Crippen LogP) is 3.39. The molecule has 2 amide bonds. The molecule has 0 atom stereocenters. The van der Waals surface area contributed by atoms with E-state index in [1.165, 1.54) is 28.0 Å². The zero-order valence-corrected chi connectivity index (χ0v) is 16.2. The lowest BCUT2D eigenvalue weighted by Crippen LogP contribution is -2.37. The molecule has 130 valence electrons. The van der Waals surface area contributed by atoms with Crippen molar-refractivity contribution in [3.63, 3.8) is 0 Å². The zero-order valence-electron chi connectivity index (χ0n) is 13.7. The molecule has 1 aromatic rings. The maximum atomic E-state index is 12.2. The molecule has 1 fully saturated rings. The van der Waals surface area contributed by atoms with Gasteiger partial charge < -0.3 is 4.90 Å². The zero-order chi connectivity index (χ0) is 17.5. The maximum Gasteiger partial charge on any atom is 0.446 e. The Balaban J connectivity index is 1.97. The number of hydrogen-bond donors (Lipinski definition) is 0. The molecule has 1 aromatic carbocycles. The average Bonchev–Trinajstić information content (AvgIpc) is 2.60. The number of benzene rings is 1. The SMILES string of the molecule is CCN(Sc1ccccc1SC)C(=O)ON=C1CN(C)C(=O)CS1. The summed E-state index contributed by atoms with van der Waals surface area (Å²) in [5.41, 5.74) is 0. The van der Waals surface area contributed by atoms with Gasteiger partial charge in [0.1, 0.15) is 5.04 Å². The third-order valence-electron chi connectivity index (χ3n) is 3.15. The van der Waals surface area contributed by atoms with Crippen LogP contribution < -0.4 is 0 Å². The van der Waals surface area contributed by atoms with E-state index in [0.717, 1.165) is 9.79 Å². The van der Waals surface area contributed by atoms with Gasteiger partial charge in [0.15, 0.2) is 0 Å². The number of amides is 2. The molecular weight excluding hydrogens is 366 g/mol. The topological polar surface area (TPSA) is 62.2 Å². The Hall–Kier alpha value is -1.32. The monoisotopic (exact) mass is 385 g/mol. The second-order valence-corrected chi connectivity index (χ2v) is 7.78. The standard InChI is InChI=1S/C15H19N3O3S3/c1-4-18(24-12-8-6-5-7-11(12)22-3)15(20)21-16-13-9-17(2)14(19)10-23-13/h5-8H,4,9-10H2,1-3H3. The number of hydrogen-bond acceptors (Lipinski definition) is 7. The maximum absolute atomic E-state index is 12.2. The van der Waals surface area contributed by atoms with E-state index in [1.54, 1.807) is 23.7 Å². The van der Waals surface area contributed by atoms with Crippen LogP contribution in [0.1, 0.15) is 6.92 Å². The molecule has 1 aliphatic heterocycles. The van der Waals surface area contributed by atoms with Gasteiger partial charge in [-0.2, -0.15) is 0 Å². The van der Waals surface area contributed by atoms with Crippen LogP contribution in [0.3, 0.4) is 0 Å². The highest BCUT2D eigenvalue weighted by molar-refractivity contribution is 8.14. The van der Waals surface area contributed by atoms with Crippen molar-refractivity contribution in [3.8, 4) is 0 Å². The van der Waals surface area contributed by atoms with Crippen molar-refractivity contribution in [2.75, 3.05) is 32.1 Å². The van der Waals surface area contributed by atoms with Crippen LogP contribution in [0.2, 0.25) is 0 Å². The second kappa shape index (κ2) is 9.24. The number of nitrogens with zero attached hydrogens (tertiary/aromatic N) is 3. The van der Waals surface area contributed by atoms with Crippen LogP contribution in [0, 0.1) is 0 Å². The first-order valence-electron chi connectivity index (χ1n) is 7.28. The first-order chi connectivity index (χ1) is 11.5. The molecular formula is C15H19N3O3S3. The summed E-state index contributed by atoms with van der Waals surface area (Å²) in [5, 5.41) is 4.52. The Labute approximate surface area is 154 Å². The van der Waals surface area contributed by atoms with Gasteiger partial charge >= 0.3 is 6.09 Å². The smallest absolute Gasteiger partial charge is 0.338 e. The third kappa shape index (κ3) is 5.09. The minimum absolute atomic E-state index is 0.0460. The van der Waals surface area contributed by atoms with Crippen LogP contribution >= 0.6 is 35.5 Å². The average molecular weight is 386 g/mol. The second-order valence-electron chi connectivity index (χ2n) is 4.82. The number of carbonyl (C=O) groups excluding carboxylic acids is 2. The summed E-state index contributed by atoms with van der Waals surface area (Å²) < 4.78 is 1.52. The van der Waals surface area contributed by atoms with Crippen molar-refractivity contribution >= 4 is 52.5 Å². The summed E-state index contributed by atoms with van der Waals surface area (Å²) in [6, 6.07) is 7.88. The van der Waals surface area contributed by atoms with Gasteiger partial charge in [-0.25, -0.2) is 9.10 Å². The summed E-state index contributed by atoms with van der Waals surface area (Å²) in [6.45, 7) is 2.73. The minimum Gasteiger partial charge on any atom is -0.338 e. The van der Waals surface area contributed by atoms with Crippen LogP contribution in [0.4, 0.5) is 4.79 Å². The largest absolute Gasteiger partial charge is 0.446 e. The van der Waals surface area contributed by atoms with E-state index in [-0.39, 0.29) is 5.91 Å². The molecule has 9 heteroatoms. The van der Waals surface area contributed by atoms with Gasteiger partial charge in [0.2, 0.25) is 5.91 Å². The molecule has 1 saturated heterocycles. The van der Waals surface area contributed by atoms with Gasteiger partial charge in [-0.15, -0.1) is 11.8 Å². The Morgan fingerprint density at radius 3 is 2.75 bits per heavy atom. The molecule has 0 bridgehead atoms. The van der Waals surface area contributed by atoms with Gasteiger partial charge in [-0.3, -0.25) is 9.63 Å². The van der Waals surface area contributed by atoms with Gasteiger partial charge in [0.05, 0.1) is 12.3 Å². The quantitative estimate of drug-likeness (QED) is 0.335. The third-order valence-corrected chi connectivity index (χ3v) is 6.19. The van der Waals surface area contributed by atoms with Crippen LogP contribution in [0.25, 0.3) is 0 Å². The lowest BCUT2D eigenvalue weighted by Gasteiger charge is -2.22. The molecule has 0 N–H and O–H groups in total. The Kier molecular flexibility index (Phi) is 7.32. The number of rotatable bonds is 5. The summed E-state index contributed by atoms with van der Waals surface area (Å²) in [5.74, 6) is 0.366. The van der Waals surface area contributed by atoms with E-state index < -0.39 is 6.09 Å². The normalized spacial score (nSPS) is 16.4. The highest BCUT2D eigenvalue weighted by Crippen LogP contribution is 2.31. The van der Waals surface area contributed by atoms with Crippen LogP contribution in [-0.4, -0.2) is 58.4 Å². The van der Waals surface area contributed by atoms with Crippen molar-refractivity contribution in [1.29, 1.82) is 0 Å². The minimum atomic E-state index is -0.522. The fourth-order valence-corrected chi connectivity index (χ4v) is 4.33. The number of thioether (sulfide) groups is 2. The molecule has 0 saturated carbocycles. The predicted molar refractivity (Wildman–Crippen MR) is 100 cm³/mol. The van der Waals surface area contributed by atoms with Crippen LogP contribution in [-0.2, 0) is 9.63 Å². The van der Waals surface area contributed by atoms with Crippen molar-refractivity contribution in [1.82, 2.24) is 9.21 Å². The molecule has 1 aliphatic rings. The van der Waals surface area contributed by atoms with E-state index in [0.29, 0.717) is 23.9 Å². The van der Waals surface area contributed by atoms with Crippen molar-refractivity contribution in [2.24, 2.45) is 5.16 Å². The van der Waals surface area contributed by atoms with E-state index in [1.807, 2.05) is 37.4 Å². The summed E-state index contributed by atoms with van der Waals surface area (Å²) in [4.78, 5) is 32.4. The first-order valence-corrected chi connectivity index (χ1v) is 10.3. The molecule has 0 spiro atoms. The van der Waals surface area contributed by atoms with Crippen LogP contribution in [0.5, 0.6) is 0 Å². The molecule has 1 heterocycles. The summed E-state index contributed by atoms with van der Waals surface area (Å²) in [7, 11) is 1.70. The lowest BCUT2D eigenvalue weighted by atomic mass is 10.4. The highest BCUT2D eigenvalue weighted by Gasteiger charge is 2.22. The summed E-state index contributed by atoms with van der Waals surface area (Å²) >= 11 is 4.26. The van der Waals surface area contributed by atoms with Gasteiger partial charge in [0, 0.05) is 23.4 Å². The van der Waals surface area contributed by atoms with Crippen molar-refractivity contribution in [2.45, 2.75) is 16.7 Å². The number of carbonyl (C=O) groups is 2. The fourth-order valence-electron chi connectivity index (χ4n) is 1.83. The van der Waals surface area contributed by atoms with E-state index in [9.17, 15) is 9.59 Å². The Morgan fingerprint density at radius 2 is 2.12 bits per heavy atom. The first kappa shape index (κ1) is 19.0. The van der Waals surface area contributed by atoms with Gasteiger partial charge in [-0.05, 0) is 37.3 Å². The van der Waals surface area contributed by atoms with Gasteiger partial charge in [-0.1, -0.05) is 29.1 Å². The molecule has 0 aliphatic carbocycles. The van der Waals surface area contributed by atoms with Gasteiger partial charge in [0.25, 0.3) is 0 Å². The fraction of sp³-hybridized carbons (Fsp3) is 0.400. The molecule has 24 heavy (non-hydrogen) atoms. The highest BCUT2D eigenvalue weighted by atomic mass is 32.2. The molecule has 0 aromatic heterocycles.